The third-order valence-corrected chi connectivity index (χ3v) is 5.33. The van der Waals surface area contributed by atoms with Crippen LogP contribution in [0.1, 0.15) is 26.3 Å². The van der Waals surface area contributed by atoms with Crippen LogP contribution in [0.5, 0.6) is 0 Å². The topological polar surface area (TPSA) is 38.9 Å². The number of aromatic nitrogens is 2. The second kappa shape index (κ2) is 6.56. The minimum Gasteiger partial charge on any atom is -0.438 e. The van der Waals surface area contributed by atoms with Gasteiger partial charge < -0.3 is 4.42 Å². The summed E-state index contributed by atoms with van der Waals surface area (Å²) in [5.74, 6) is 0.805. The van der Waals surface area contributed by atoms with Crippen LogP contribution >= 0.6 is 0 Å². The van der Waals surface area contributed by atoms with Crippen LogP contribution in [-0.4, -0.2) is 9.97 Å². The van der Waals surface area contributed by atoms with Crippen LogP contribution < -0.4 is 0 Å². The lowest BCUT2D eigenvalue weighted by atomic mass is 9.82. The van der Waals surface area contributed by atoms with Gasteiger partial charge in [-0.05, 0) is 39.9 Å². The van der Waals surface area contributed by atoms with Gasteiger partial charge >= 0.3 is 0 Å². The molecule has 3 heteroatoms. The molecule has 0 saturated carbocycles. The maximum atomic E-state index is 6.05. The van der Waals surface area contributed by atoms with Crippen molar-refractivity contribution < 1.29 is 4.42 Å². The van der Waals surface area contributed by atoms with E-state index in [1.165, 1.54) is 16.3 Å². The summed E-state index contributed by atoms with van der Waals surface area (Å²) in [5, 5.41) is 3.43. The molecule has 0 bridgehead atoms. The Morgan fingerprint density at radius 1 is 0.724 bits per heavy atom. The highest BCUT2D eigenvalue weighted by molar-refractivity contribution is 5.97. The summed E-state index contributed by atoms with van der Waals surface area (Å²) in [5.41, 5.74) is 4.96. The van der Waals surface area contributed by atoms with Crippen LogP contribution in [0.25, 0.3) is 44.5 Å². The van der Waals surface area contributed by atoms with Gasteiger partial charge in [0.05, 0.1) is 11.1 Å². The van der Waals surface area contributed by atoms with Crippen molar-refractivity contribution in [1.82, 2.24) is 9.97 Å². The molecule has 0 aliphatic heterocycles. The summed E-state index contributed by atoms with van der Waals surface area (Å²) in [6, 6.07) is 25.2. The predicted molar refractivity (Wildman–Crippen MR) is 119 cm³/mol. The van der Waals surface area contributed by atoms with Crippen LogP contribution in [0.2, 0.25) is 0 Å². The van der Waals surface area contributed by atoms with Crippen molar-refractivity contribution in [3.63, 3.8) is 0 Å². The highest BCUT2D eigenvalue weighted by Gasteiger charge is 2.20. The fourth-order valence-corrected chi connectivity index (χ4v) is 3.90. The SMILES string of the molecule is CC(C)(C)c1cc(-c2ncnc3oc(-c4ccccc4)cc23)cc2ccccc12. The van der Waals surface area contributed by atoms with Gasteiger partial charge in [0.25, 0.3) is 0 Å². The molecule has 0 aliphatic carbocycles. The molecular formula is C26H22N2O. The summed E-state index contributed by atoms with van der Waals surface area (Å²) in [6.07, 6.45) is 1.59. The molecule has 0 radical (unpaired) electrons. The lowest BCUT2D eigenvalue weighted by molar-refractivity contribution is 0.596. The Balaban J connectivity index is 1.76. The normalized spacial score (nSPS) is 12.0. The smallest absolute Gasteiger partial charge is 0.230 e. The van der Waals surface area contributed by atoms with Gasteiger partial charge in [-0.1, -0.05) is 75.4 Å². The van der Waals surface area contributed by atoms with E-state index in [0.29, 0.717) is 5.71 Å². The molecule has 0 aliphatic rings. The van der Waals surface area contributed by atoms with E-state index in [9.17, 15) is 0 Å². The van der Waals surface area contributed by atoms with Crippen LogP contribution in [0.15, 0.2) is 83.5 Å². The van der Waals surface area contributed by atoms with Gasteiger partial charge in [0.2, 0.25) is 5.71 Å². The number of furan rings is 1. The molecule has 0 saturated heterocycles. The molecule has 5 aromatic rings. The molecule has 0 fully saturated rings. The highest BCUT2D eigenvalue weighted by atomic mass is 16.3. The van der Waals surface area contributed by atoms with Gasteiger partial charge in [0, 0.05) is 11.1 Å². The molecule has 0 N–H and O–H groups in total. The van der Waals surface area contributed by atoms with Crippen molar-refractivity contribution in [2.45, 2.75) is 26.2 Å². The van der Waals surface area contributed by atoms with Crippen molar-refractivity contribution >= 4 is 21.9 Å². The van der Waals surface area contributed by atoms with Crippen molar-refractivity contribution in [2.24, 2.45) is 0 Å². The first-order chi connectivity index (χ1) is 14.0. The number of hydrogen-bond acceptors (Lipinski definition) is 3. The quantitative estimate of drug-likeness (QED) is 0.332. The van der Waals surface area contributed by atoms with E-state index < -0.39 is 0 Å². The predicted octanol–water partition coefficient (Wildman–Crippen LogP) is 7.01. The fraction of sp³-hybridized carbons (Fsp3) is 0.154. The molecular weight excluding hydrogens is 356 g/mol. The number of hydrogen-bond donors (Lipinski definition) is 0. The Bertz CT molecular complexity index is 1330. The molecule has 29 heavy (non-hydrogen) atoms. The fourth-order valence-electron chi connectivity index (χ4n) is 3.90. The van der Waals surface area contributed by atoms with Crippen molar-refractivity contribution in [3.8, 4) is 22.6 Å². The van der Waals surface area contributed by atoms with E-state index in [0.717, 1.165) is 28.0 Å². The molecule has 5 rings (SSSR count). The minimum atomic E-state index is 0.0212. The van der Waals surface area contributed by atoms with E-state index in [4.69, 9.17) is 4.42 Å². The molecule has 3 aromatic carbocycles. The zero-order valence-electron chi connectivity index (χ0n) is 16.8. The molecule has 142 valence electrons. The summed E-state index contributed by atoms with van der Waals surface area (Å²) in [4.78, 5) is 9.01. The van der Waals surface area contributed by atoms with E-state index >= 15 is 0 Å². The average molecular weight is 378 g/mol. The van der Waals surface area contributed by atoms with E-state index in [-0.39, 0.29) is 5.41 Å². The monoisotopic (exact) mass is 378 g/mol. The first-order valence-electron chi connectivity index (χ1n) is 9.84. The standard InChI is InChI=1S/C26H22N2O/c1-26(2,3)22-14-19(13-18-11-7-8-12-20(18)22)24-21-15-23(17-9-5-4-6-10-17)29-25(21)28-16-27-24/h4-16H,1-3H3. The summed E-state index contributed by atoms with van der Waals surface area (Å²) >= 11 is 0. The Morgan fingerprint density at radius 2 is 1.48 bits per heavy atom. The summed E-state index contributed by atoms with van der Waals surface area (Å²) in [7, 11) is 0. The zero-order valence-corrected chi connectivity index (χ0v) is 16.8. The molecule has 2 aromatic heterocycles. The van der Waals surface area contributed by atoms with Crippen molar-refractivity contribution in [1.29, 1.82) is 0 Å². The molecule has 0 spiro atoms. The van der Waals surface area contributed by atoms with Crippen molar-refractivity contribution in [3.05, 3.63) is 84.7 Å². The molecule has 0 atom stereocenters. The average Bonchev–Trinajstić information content (AvgIpc) is 3.17. The summed E-state index contributed by atoms with van der Waals surface area (Å²) in [6.45, 7) is 6.75. The number of rotatable bonds is 2. The van der Waals surface area contributed by atoms with Crippen LogP contribution in [-0.2, 0) is 5.41 Å². The highest BCUT2D eigenvalue weighted by Crippen LogP contribution is 2.37. The number of fused-ring (bicyclic) bond motifs is 2. The van der Waals surface area contributed by atoms with E-state index in [1.807, 2.05) is 36.4 Å². The molecule has 3 nitrogen and oxygen atoms in total. The maximum absolute atomic E-state index is 6.05. The molecule has 0 amide bonds. The zero-order chi connectivity index (χ0) is 20.0. The van der Waals surface area contributed by atoms with Gasteiger partial charge in [-0.2, -0.15) is 0 Å². The maximum Gasteiger partial charge on any atom is 0.230 e. The van der Waals surface area contributed by atoms with Gasteiger partial charge in [0.15, 0.2) is 0 Å². The minimum absolute atomic E-state index is 0.0212. The first kappa shape index (κ1) is 17.6. The van der Waals surface area contributed by atoms with Gasteiger partial charge in [-0.15, -0.1) is 0 Å². The first-order valence-corrected chi connectivity index (χ1v) is 9.84. The lowest BCUT2D eigenvalue weighted by Gasteiger charge is -2.22. The Hall–Kier alpha value is -3.46. The molecule has 0 unspecified atom stereocenters. The van der Waals surface area contributed by atoms with E-state index in [1.54, 1.807) is 6.33 Å². The second-order valence-corrected chi connectivity index (χ2v) is 8.41. The second-order valence-electron chi connectivity index (χ2n) is 8.41. The van der Waals surface area contributed by atoms with Crippen LogP contribution in [0.4, 0.5) is 0 Å². The Kier molecular flexibility index (Phi) is 3.99. The van der Waals surface area contributed by atoms with E-state index in [2.05, 4.69) is 67.1 Å². The van der Waals surface area contributed by atoms with Crippen molar-refractivity contribution in [2.75, 3.05) is 0 Å². The lowest BCUT2D eigenvalue weighted by Crippen LogP contribution is -2.12. The van der Waals surface area contributed by atoms with Crippen LogP contribution in [0.3, 0.4) is 0 Å². The number of benzene rings is 3. The largest absolute Gasteiger partial charge is 0.438 e. The number of nitrogens with zero attached hydrogens (tertiary/aromatic N) is 2. The molecule has 2 heterocycles. The van der Waals surface area contributed by atoms with Gasteiger partial charge in [-0.25, -0.2) is 9.97 Å². The Labute approximate surface area is 170 Å². The van der Waals surface area contributed by atoms with Crippen LogP contribution in [0, 0.1) is 0 Å². The third-order valence-electron chi connectivity index (χ3n) is 5.33. The summed E-state index contributed by atoms with van der Waals surface area (Å²) < 4.78 is 6.05. The van der Waals surface area contributed by atoms with Gasteiger partial charge in [0.1, 0.15) is 12.1 Å². The van der Waals surface area contributed by atoms with Gasteiger partial charge in [-0.3, -0.25) is 0 Å². The third kappa shape index (κ3) is 3.09. The Morgan fingerprint density at radius 3 is 2.28 bits per heavy atom.